The van der Waals surface area contributed by atoms with E-state index < -0.39 is 0 Å². The Labute approximate surface area is 147 Å². The Kier molecular flexibility index (Phi) is 21.4. The summed E-state index contributed by atoms with van der Waals surface area (Å²) in [4.78, 5) is 0. The molecule has 0 atom stereocenters. The second-order valence-corrected chi connectivity index (χ2v) is 7.14. The van der Waals surface area contributed by atoms with E-state index in [-0.39, 0.29) is 0 Å². The summed E-state index contributed by atoms with van der Waals surface area (Å²) < 4.78 is 0. The lowest BCUT2D eigenvalue weighted by Crippen LogP contribution is -1.97. The Morgan fingerprint density at radius 2 is 0.826 bits per heavy atom. The summed E-state index contributed by atoms with van der Waals surface area (Å²) in [6, 6.07) is 0. The summed E-state index contributed by atoms with van der Waals surface area (Å²) in [6.45, 7) is 3.16. The molecule has 0 fully saturated rings. The number of nitrogens with two attached hydrogens (primary N) is 1. The maximum atomic E-state index is 5.50. The Morgan fingerprint density at radius 1 is 0.478 bits per heavy atom. The number of hydrogen-bond donors (Lipinski definition) is 1. The van der Waals surface area contributed by atoms with E-state index in [0.29, 0.717) is 0 Å². The van der Waals surface area contributed by atoms with Crippen LogP contribution in [-0.2, 0) is 0 Å². The van der Waals surface area contributed by atoms with Crippen LogP contribution in [0, 0.1) is 0 Å². The second-order valence-electron chi connectivity index (χ2n) is 7.14. The first-order valence-corrected chi connectivity index (χ1v) is 10.8. The molecule has 0 amide bonds. The van der Waals surface area contributed by atoms with Gasteiger partial charge in [-0.15, -0.1) is 0 Å². The van der Waals surface area contributed by atoms with Gasteiger partial charge in [-0.25, -0.2) is 0 Å². The Bertz CT molecular complexity index is 222. The standard InChI is InChI=1S/C22H45N/c1-2-3-4-5-6-7-8-9-10-11-12-13-14-15-16-17-18-19-20-21-22-23/h11-12H,2-10,13-23H2,1H3/b12-11+. The van der Waals surface area contributed by atoms with Crippen LogP contribution >= 0.6 is 0 Å². The molecule has 1 heteroatoms. The van der Waals surface area contributed by atoms with Crippen LogP contribution in [0.2, 0.25) is 0 Å². The average Bonchev–Trinajstić information content (AvgIpc) is 2.57. The SMILES string of the molecule is CCCCCCCCCC/C=C/CCCCCCCCCCN. The molecule has 0 spiro atoms. The highest BCUT2D eigenvalue weighted by Gasteiger charge is 1.92. The fraction of sp³-hybridized carbons (Fsp3) is 0.909. The quantitative estimate of drug-likeness (QED) is 0.193. The zero-order chi connectivity index (χ0) is 16.8. The largest absolute Gasteiger partial charge is 0.330 e. The number of unbranched alkanes of at least 4 members (excludes halogenated alkanes) is 16. The molecule has 2 N–H and O–H groups in total. The van der Waals surface area contributed by atoms with Crippen molar-refractivity contribution in [1.82, 2.24) is 0 Å². The molecular weight excluding hydrogens is 278 g/mol. The monoisotopic (exact) mass is 323 g/mol. The van der Waals surface area contributed by atoms with Crippen molar-refractivity contribution in [3.8, 4) is 0 Å². The van der Waals surface area contributed by atoms with Crippen LogP contribution in [0.3, 0.4) is 0 Å². The van der Waals surface area contributed by atoms with Crippen LogP contribution in [0.1, 0.15) is 122 Å². The van der Waals surface area contributed by atoms with Gasteiger partial charge in [0.25, 0.3) is 0 Å². The topological polar surface area (TPSA) is 26.0 Å². The molecule has 0 aliphatic heterocycles. The third-order valence-electron chi connectivity index (χ3n) is 4.72. The molecule has 0 saturated carbocycles. The molecule has 1 nitrogen and oxygen atoms in total. The van der Waals surface area contributed by atoms with E-state index in [1.54, 1.807) is 0 Å². The molecule has 0 aliphatic rings. The van der Waals surface area contributed by atoms with Gasteiger partial charge in [0, 0.05) is 0 Å². The first-order chi connectivity index (χ1) is 11.4. The summed E-state index contributed by atoms with van der Waals surface area (Å²) in [6.07, 6.45) is 29.8. The number of hydrogen-bond acceptors (Lipinski definition) is 1. The first kappa shape index (κ1) is 22.7. The van der Waals surface area contributed by atoms with Gasteiger partial charge < -0.3 is 5.73 Å². The van der Waals surface area contributed by atoms with Gasteiger partial charge in [-0.05, 0) is 38.6 Å². The van der Waals surface area contributed by atoms with Crippen molar-refractivity contribution in [2.24, 2.45) is 5.73 Å². The molecule has 0 aromatic carbocycles. The minimum absolute atomic E-state index is 0.866. The maximum Gasteiger partial charge on any atom is -0.00773 e. The molecule has 0 aliphatic carbocycles. The van der Waals surface area contributed by atoms with Crippen molar-refractivity contribution in [2.45, 2.75) is 122 Å². The first-order valence-electron chi connectivity index (χ1n) is 10.8. The molecule has 0 saturated heterocycles. The third kappa shape index (κ3) is 21.7. The highest BCUT2D eigenvalue weighted by atomic mass is 14.5. The molecule has 0 heterocycles. The lowest BCUT2D eigenvalue weighted by molar-refractivity contribution is 0.571. The molecule has 23 heavy (non-hydrogen) atoms. The average molecular weight is 324 g/mol. The van der Waals surface area contributed by atoms with E-state index in [9.17, 15) is 0 Å². The van der Waals surface area contributed by atoms with Crippen LogP contribution in [0.5, 0.6) is 0 Å². The minimum Gasteiger partial charge on any atom is -0.330 e. The zero-order valence-corrected chi connectivity index (χ0v) is 16.2. The van der Waals surface area contributed by atoms with Crippen molar-refractivity contribution in [3.05, 3.63) is 12.2 Å². The van der Waals surface area contributed by atoms with E-state index in [1.807, 2.05) is 0 Å². The fourth-order valence-corrected chi connectivity index (χ4v) is 3.10. The number of rotatable bonds is 19. The van der Waals surface area contributed by atoms with Crippen molar-refractivity contribution >= 4 is 0 Å². The number of allylic oxidation sites excluding steroid dienone is 2. The Hall–Kier alpha value is -0.300. The van der Waals surface area contributed by atoms with Gasteiger partial charge in [0.2, 0.25) is 0 Å². The highest BCUT2D eigenvalue weighted by Crippen LogP contribution is 2.11. The van der Waals surface area contributed by atoms with E-state index in [1.165, 1.54) is 116 Å². The molecule has 138 valence electrons. The van der Waals surface area contributed by atoms with Crippen LogP contribution in [0.15, 0.2) is 12.2 Å². The Morgan fingerprint density at radius 3 is 1.22 bits per heavy atom. The van der Waals surface area contributed by atoms with Gasteiger partial charge >= 0.3 is 0 Å². The summed E-state index contributed by atoms with van der Waals surface area (Å²) in [5.74, 6) is 0. The van der Waals surface area contributed by atoms with Gasteiger partial charge in [0.05, 0.1) is 0 Å². The van der Waals surface area contributed by atoms with Gasteiger partial charge in [-0.3, -0.25) is 0 Å². The summed E-state index contributed by atoms with van der Waals surface area (Å²) in [5.41, 5.74) is 5.50. The summed E-state index contributed by atoms with van der Waals surface area (Å²) in [7, 11) is 0. The normalized spacial score (nSPS) is 11.6. The molecule has 0 rings (SSSR count). The molecule has 0 unspecified atom stereocenters. The smallest absolute Gasteiger partial charge is 0.00773 e. The van der Waals surface area contributed by atoms with E-state index in [4.69, 9.17) is 5.73 Å². The van der Waals surface area contributed by atoms with E-state index >= 15 is 0 Å². The lowest BCUT2D eigenvalue weighted by Gasteiger charge is -2.01. The van der Waals surface area contributed by atoms with Crippen LogP contribution in [-0.4, -0.2) is 6.54 Å². The summed E-state index contributed by atoms with van der Waals surface area (Å²) in [5, 5.41) is 0. The molecule has 0 aromatic heterocycles. The summed E-state index contributed by atoms with van der Waals surface area (Å²) >= 11 is 0. The lowest BCUT2D eigenvalue weighted by atomic mass is 10.1. The van der Waals surface area contributed by atoms with Gasteiger partial charge in [-0.2, -0.15) is 0 Å². The van der Waals surface area contributed by atoms with Crippen LogP contribution in [0.4, 0.5) is 0 Å². The highest BCUT2D eigenvalue weighted by molar-refractivity contribution is 4.81. The van der Waals surface area contributed by atoms with Crippen molar-refractivity contribution in [2.75, 3.05) is 6.54 Å². The molecular formula is C22H45N. The van der Waals surface area contributed by atoms with Gasteiger partial charge in [0.1, 0.15) is 0 Å². The maximum absolute atomic E-state index is 5.50. The molecule has 0 aromatic rings. The Balaban J connectivity index is 3.03. The minimum atomic E-state index is 0.866. The predicted octanol–water partition coefficient (Wildman–Crippen LogP) is 7.54. The van der Waals surface area contributed by atoms with Crippen molar-refractivity contribution < 1.29 is 0 Å². The fourth-order valence-electron chi connectivity index (χ4n) is 3.10. The van der Waals surface area contributed by atoms with Crippen molar-refractivity contribution in [1.29, 1.82) is 0 Å². The second kappa shape index (κ2) is 21.7. The van der Waals surface area contributed by atoms with E-state index in [0.717, 1.165) is 6.54 Å². The third-order valence-corrected chi connectivity index (χ3v) is 4.72. The predicted molar refractivity (Wildman–Crippen MR) is 107 cm³/mol. The van der Waals surface area contributed by atoms with Crippen molar-refractivity contribution in [3.63, 3.8) is 0 Å². The van der Waals surface area contributed by atoms with Gasteiger partial charge in [-0.1, -0.05) is 103 Å². The van der Waals surface area contributed by atoms with Gasteiger partial charge in [0.15, 0.2) is 0 Å². The van der Waals surface area contributed by atoms with E-state index in [2.05, 4.69) is 19.1 Å². The van der Waals surface area contributed by atoms with Crippen LogP contribution < -0.4 is 5.73 Å². The van der Waals surface area contributed by atoms with Crippen LogP contribution in [0.25, 0.3) is 0 Å². The zero-order valence-electron chi connectivity index (χ0n) is 16.2. The molecule has 0 radical (unpaired) electrons. The molecule has 0 bridgehead atoms.